The lowest BCUT2D eigenvalue weighted by Crippen LogP contribution is -2.16. The van der Waals surface area contributed by atoms with Crippen LogP contribution in [0.1, 0.15) is 23.1 Å². The molecule has 1 aromatic carbocycles. The normalized spacial score (nSPS) is 16.2. The van der Waals surface area contributed by atoms with Crippen LogP contribution in [0, 0.1) is 0 Å². The molecule has 124 valence electrons. The number of fused-ring (bicyclic) bond motifs is 2. The van der Waals surface area contributed by atoms with Crippen molar-refractivity contribution in [1.82, 2.24) is 5.32 Å². The number of hydrogen-bond acceptors (Lipinski definition) is 4. The highest BCUT2D eigenvalue weighted by atomic mass is 16.5. The summed E-state index contributed by atoms with van der Waals surface area (Å²) in [7, 11) is 0. The van der Waals surface area contributed by atoms with Crippen LogP contribution in [0.4, 0.5) is 0 Å². The van der Waals surface area contributed by atoms with Crippen molar-refractivity contribution in [2.45, 2.75) is 25.7 Å². The van der Waals surface area contributed by atoms with Gasteiger partial charge in [-0.1, -0.05) is 6.07 Å². The van der Waals surface area contributed by atoms with Gasteiger partial charge in [-0.3, -0.25) is 0 Å². The molecule has 0 saturated heterocycles. The van der Waals surface area contributed by atoms with Gasteiger partial charge in [0, 0.05) is 12.2 Å². The minimum absolute atomic E-state index is 0.558. The van der Waals surface area contributed by atoms with E-state index in [1.807, 2.05) is 0 Å². The van der Waals surface area contributed by atoms with Crippen molar-refractivity contribution in [3.8, 4) is 5.75 Å². The molecule has 0 bridgehead atoms. The molecule has 0 atom stereocenters. The van der Waals surface area contributed by atoms with E-state index in [0.717, 1.165) is 31.9 Å². The monoisotopic (exact) mass is 319 g/mol. The quantitative estimate of drug-likeness (QED) is 0.713. The third-order valence-corrected chi connectivity index (χ3v) is 3.74. The number of carboxylic acids is 2. The first-order chi connectivity index (χ1) is 11.1. The summed E-state index contributed by atoms with van der Waals surface area (Å²) >= 11 is 0. The van der Waals surface area contributed by atoms with Gasteiger partial charge in [0.05, 0.1) is 6.61 Å². The predicted molar refractivity (Wildman–Crippen MR) is 84.9 cm³/mol. The molecular weight excluding hydrogens is 298 g/mol. The van der Waals surface area contributed by atoms with E-state index < -0.39 is 11.9 Å². The zero-order valence-corrected chi connectivity index (χ0v) is 12.9. The van der Waals surface area contributed by atoms with E-state index in [9.17, 15) is 9.59 Å². The molecule has 2 heterocycles. The molecule has 6 nitrogen and oxygen atoms in total. The van der Waals surface area contributed by atoms with Crippen LogP contribution in [0.5, 0.6) is 5.75 Å². The smallest absolute Gasteiger partial charge is 0.328 e. The van der Waals surface area contributed by atoms with Crippen LogP contribution in [-0.4, -0.2) is 41.8 Å². The molecule has 2 aliphatic heterocycles. The summed E-state index contributed by atoms with van der Waals surface area (Å²) < 4.78 is 5.71. The molecule has 23 heavy (non-hydrogen) atoms. The van der Waals surface area contributed by atoms with E-state index in [4.69, 9.17) is 14.9 Å². The predicted octanol–water partition coefficient (Wildman–Crippen LogP) is 1.41. The molecular formula is C17H21NO5. The van der Waals surface area contributed by atoms with Crippen molar-refractivity contribution >= 4 is 11.9 Å². The summed E-state index contributed by atoms with van der Waals surface area (Å²) in [5, 5.41) is 19.1. The van der Waals surface area contributed by atoms with Gasteiger partial charge in [-0.25, -0.2) is 9.59 Å². The number of rotatable bonds is 2. The highest BCUT2D eigenvalue weighted by Crippen LogP contribution is 2.29. The third-order valence-electron chi connectivity index (χ3n) is 3.74. The second-order valence-corrected chi connectivity index (χ2v) is 5.44. The van der Waals surface area contributed by atoms with Gasteiger partial charge < -0.3 is 20.3 Å². The Hall–Kier alpha value is -2.34. The van der Waals surface area contributed by atoms with Gasteiger partial charge in [-0.15, -0.1) is 0 Å². The van der Waals surface area contributed by atoms with Crippen LogP contribution in [0.3, 0.4) is 0 Å². The molecule has 0 aliphatic carbocycles. The van der Waals surface area contributed by atoms with Crippen LogP contribution in [0.15, 0.2) is 24.3 Å². The van der Waals surface area contributed by atoms with Gasteiger partial charge in [0.15, 0.2) is 0 Å². The number of benzene rings is 1. The second kappa shape index (κ2) is 8.33. The van der Waals surface area contributed by atoms with Crippen molar-refractivity contribution in [2.75, 3.05) is 19.7 Å². The van der Waals surface area contributed by atoms with Gasteiger partial charge in [0.2, 0.25) is 0 Å². The Balaban J connectivity index is 0.000000207. The Labute approximate surface area is 134 Å². The lowest BCUT2D eigenvalue weighted by Gasteiger charge is -2.19. The SMILES string of the molecule is O=C(O)/C=C/C(=O)O.c1c2c(cc3c1CCCO3)CCNCC2. The Morgan fingerprint density at radius 3 is 2.17 bits per heavy atom. The fraction of sp³-hybridized carbons (Fsp3) is 0.412. The molecule has 0 aromatic heterocycles. The molecule has 6 heteroatoms. The lowest BCUT2D eigenvalue weighted by atomic mass is 9.96. The number of hydrogen-bond donors (Lipinski definition) is 3. The van der Waals surface area contributed by atoms with E-state index in [2.05, 4.69) is 17.4 Å². The largest absolute Gasteiger partial charge is 0.493 e. The Morgan fingerprint density at radius 2 is 1.57 bits per heavy atom. The molecule has 2 aliphatic rings. The minimum atomic E-state index is -1.26. The first-order valence-electron chi connectivity index (χ1n) is 7.68. The van der Waals surface area contributed by atoms with E-state index in [1.165, 1.54) is 36.0 Å². The molecule has 0 radical (unpaired) electrons. The van der Waals surface area contributed by atoms with Gasteiger partial charge in [0.1, 0.15) is 5.75 Å². The highest BCUT2D eigenvalue weighted by molar-refractivity contribution is 5.89. The maximum atomic E-state index is 9.55. The van der Waals surface area contributed by atoms with E-state index >= 15 is 0 Å². The zero-order chi connectivity index (χ0) is 16.7. The van der Waals surface area contributed by atoms with E-state index in [0.29, 0.717) is 12.2 Å². The Bertz CT molecular complexity index is 558. The maximum absolute atomic E-state index is 9.55. The van der Waals surface area contributed by atoms with Crippen LogP contribution in [-0.2, 0) is 28.9 Å². The van der Waals surface area contributed by atoms with Gasteiger partial charge in [-0.05, 0) is 61.5 Å². The Morgan fingerprint density at radius 1 is 0.957 bits per heavy atom. The van der Waals surface area contributed by atoms with E-state index in [1.54, 1.807) is 0 Å². The Kier molecular flexibility index (Phi) is 6.17. The fourth-order valence-corrected chi connectivity index (χ4v) is 2.67. The molecule has 0 saturated carbocycles. The topological polar surface area (TPSA) is 95.9 Å². The summed E-state index contributed by atoms with van der Waals surface area (Å²) in [6.07, 6.45) is 5.79. The number of ether oxygens (including phenoxy) is 1. The summed E-state index contributed by atoms with van der Waals surface area (Å²) in [6.45, 7) is 3.11. The molecule has 0 spiro atoms. The lowest BCUT2D eigenvalue weighted by molar-refractivity contribution is -0.134. The third kappa shape index (κ3) is 5.41. The molecule has 3 rings (SSSR count). The van der Waals surface area contributed by atoms with Crippen molar-refractivity contribution in [3.05, 3.63) is 41.0 Å². The average Bonchev–Trinajstić information content (AvgIpc) is 2.76. The molecule has 3 N–H and O–H groups in total. The standard InChI is InChI=1S/C13H17NO.C4H4O4/c1-2-12-8-10-3-5-14-6-4-11(10)9-13(12)15-7-1;5-3(6)1-2-4(7)8/h8-9,14H,1-7H2;1-2H,(H,5,6)(H,7,8)/b;2-1+. The van der Waals surface area contributed by atoms with Crippen molar-refractivity contribution in [1.29, 1.82) is 0 Å². The number of nitrogens with one attached hydrogen (secondary N) is 1. The highest BCUT2D eigenvalue weighted by Gasteiger charge is 2.15. The first-order valence-corrected chi connectivity index (χ1v) is 7.68. The number of carboxylic acid groups (broad SMARTS) is 2. The number of aliphatic carboxylic acids is 2. The van der Waals surface area contributed by atoms with Crippen LogP contribution in [0.2, 0.25) is 0 Å². The molecule has 0 unspecified atom stereocenters. The van der Waals surface area contributed by atoms with Crippen molar-refractivity contribution in [2.24, 2.45) is 0 Å². The summed E-state index contributed by atoms with van der Waals surface area (Å²) in [5.74, 6) is -1.37. The summed E-state index contributed by atoms with van der Waals surface area (Å²) in [5.41, 5.74) is 4.44. The molecule has 0 fully saturated rings. The van der Waals surface area contributed by atoms with Crippen molar-refractivity contribution in [3.63, 3.8) is 0 Å². The van der Waals surface area contributed by atoms with Gasteiger partial charge >= 0.3 is 11.9 Å². The van der Waals surface area contributed by atoms with Gasteiger partial charge in [-0.2, -0.15) is 0 Å². The van der Waals surface area contributed by atoms with Crippen LogP contribution in [0.25, 0.3) is 0 Å². The molecule has 0 amide bonds. The average molecular weight is 319 g/mol. The van der Waals surface area contributed by atoms with Gasteiger partial charge in [0.25, 0.3) is 0 Å². The van der Waals surface area contributed by atoms with E-state index in [-0.39, 0.29) is 0 Å². The number of carbonyl (C=O) groups is 2. The first kappa shape index (κ1) is 17.0. The fourth-order valence-electron chi connectivity index (χ4n) is 2.67. The molecule has 1 aromatic rings. The van der Waals surface area contributed by atoms with Crippen LogP contribution < -0.4 is 10.1 Å². The second-order valence-electron chi connectivity index (χ2n) is 5.44. The van der Waals surface area contributed by atoms with Crippen molar-refractivity contribution < 1.29 is 24.5 Å². The number of aryl methyl sites for hydroxylation is 1. The summed E-state index contributed by atoms with van der Waals surface area (Å²) in [4.78, 5) is 19.1. The van der Waals surface area contributed by atoms with Crippen LogP contribution >= 0.6 is 0 Å². The maximum Gasteiger partial charge on any atom is 0.328 e. The minimum Gasteiger partial charge on any atom is -0.493 e. The summed E-state index contributed by atoms with van der Waals surface area (Å²) in [6, 6.07) is 4.65. The zero-order valence-electron chi connectivity index (χ0n) is 12.9.